The number of aromatic nitrogens is 3. The van der Waals surface area contributed by atoms with Crippen LogP contribution in [0.4, 0.5) is 5.82 Å². The van der Waals surface area contributed by atoms with Gasteiger partial charge in [0.05, 0.1) is 0 Å². The standard InChI is InChI=1S/C22H32N6/c1-17-15-21(25-22(24-17)20-5-4-8-23-16-20)28-9-6-19(7-10-28)18(2)27-13-11-26(3)12-14-27/h4-5,8,15-16,18-19H,6-7,9-14H2,1-3H3/t18-/m1/s1. The summed E-state index contributed by atoms with van der Waals surface area (Å²) in [6.45, 7) is 11.4. The SMILES string of the molecule is Cc1cc(N2CCC([C@@H](C)N3CCN(C)CC3)CC2)nc(-c2cccnc2)n1. The molecular formula is C22H32N6. The number of rotatable bonds is 4. The third kappa shape index (κ3) is 4.33. The minimum Gasteiger partial charge on any atom is -0.356 e. The Bertz CT molecular complexity index is 764. The van der Waals surface area contributed by atoms with E-state index in [0.29, 0.717) is 6.04 Å². The normalized spacial score (nSPS) is 21.0. The van der Waals surface area contributed by atoms with Crippen LogP contribution >= 0.6 is 0 Å². The quantitative estimate of drug-likeness (QED) is 0.813. The number of aryl methyl sites for hydroxylation is 1. The van der Waals surface area contributed by atoms with Crippen LogP contribution in [0.25, 0.3) is 11.4 Å². The van der Waals surface area contributed by atoms with Crippen molar-refractivity contribution < 1.29 is 0 Å². The highest BCUT2D eigenvalue weighted by atomic mass is 15.3. The Hall–Kier alpha value is -2.05. The van der Waals surface area contributed by atoms with Crippen LogP contribution in [0.3, 0.4) is 0 Å². The number of nitrogens with zero attached hydrogens (tertiary/aromatic N) is 6. The summed E-state index contributed by atoms with van der Waals surface area (Å²) in [5, 5.41) is 0. The molecule has 0 radical (unpaired) electrons. The van der Waals surface area contributed by atoms with Crippen LogP contribution in [0.1, 0.15) is 25.5 Å². The number of anilines is 1. The van der Waals surface area contributed by atoms with Crippen molar-refractivity contribution in [2.45, 2.75) is 32.7 Å². The van der Waals surface area contributed by atoms with E-state index in [1.807, 2.05) is 25.3 Å². The van der Waals surface area contributed by atoms with E-state index in [1.165, 1.54) is 39.0 Å². The molecule has 4 rings (SSSR count). The van der Waals surface area contributed by atoms with Gasteiger partial charge in [0, 0.05) is 75.0 Å². The van der Waals surface area contributed by atoms with Gasteiger partial charge in [-0.15, -0.1) is 0 Å². The average Bonchev–Trinajstić information content (AvgIpc) is 2.74. The molecule has 2 aliphatic rings. The van der Waals surface area contributed by atoms with Crippen molar-refractivity contribution in [3.63, 3.8) is 0 Å². The Balaban J connectivity index is 1.40. The molecule has 0 spiro atoms. The van der Waals surface area contributed by atoms with Crippen LogP contribution in [0, 0.1) is 12.8 Å². The molecule has 0 aliphatic carbocycles. The fourth-order valence-electron chi connectivity index (χ4n) is 4.48. The summed E-state index contributed by atoms with van der Waals surface area (Å²) in [7, 11) is 2.23. The van der Waals surface area contributed by atoms with E-state index in [0.717, 1.165) is 41.9 Å². The zero-order valence-corrected chi connectivity index (χ0v) is 17.4. The minimum absolute atomic E-state index is 0.675. The van der Waals surface area contributed by atoms with Crippen molar-refractivity contribution in [1.82, 2.24) is 24.8 Å². The lowest BCUT2D eigenvalue weighted by Crippen LogP contribution is -2.51. The molecule has 2 aromatic heterocycles. The Morgan fingerprint density at radius 1 is 1.04 bits per heavy atom. The molecule has 0 saturated carbocycles. The molecule has 2 saturated heterocycles. The molecule has 28 heavy (non-hydrogen) atoms. The Morgan fingerprint density at radius 3 is 2.46 bits per heavy atom. The molecule has 6 heteroatoms. The maximum atomic E-state index is 4.85. The van der Waals surface area contributed by atoms with Crippen LogP contribution < -0.4 is 4.90 Å². The molecule has 2 aromatic rings. The van der Waals surface area contributed by atoms with Gasteiger partial charge in [0.15, 0.2) is 5.82 Å². The maximum Gasteiger partial charge on any atom is 0.163 e. The first kappa shape index (κ1) is 19.3. The zero-order chi connectivity index (χ0) is 19.5. The second-order valence-electron chi connectivity index (χ2n) is 8.34. The summed E-state index contributed by atoms with van der Waals surface area (Å²) in [4.78, 5) is 21.2. The summed E-state index contributed by atoms with van der Waals surface area (Å²) in [6, 6.07) is 6.75. The van der Waals surface area contributed by atoms with Crippen molar-refractivity contribution >= 4 is 5.82 Å². The predicted octanol–water partition coefficient (Wildman–Crippen LogP) is 2.70. The van der Waals surface area contributed by atoms with E-state index >= 15 is 0 Å². The van der Waals surface area contributed by atoms with E-state index in [4.69, 9.17) is 4.98 Å². The Kier molecular flexibility index (Phi) is 5.87. The Morgan fingerprint density at radius 2 is 1.79 bits per heavy atom. The fourth-order valence-corrected chi connectivity index (χ4v) is 4.48. The van der Waals surface area contributed by atoms with Gasteiger partial charge >= 0.3 is 0 Å². The predicted molar refractivity (Wildman–Crippen MR) is 113 cm³/mol. The molecule has 150 valence electrons. The average molecular weight is 381 g/mol. The lowest BCUT2D eigenvalue weighted by molar-refractivity contribution is 0.0813. The number of piperidine rings is 1. The molecule has 6 nitrogen and oxygen atoms in total. The fraction of sp³-hybridized carbons (Fsp3) is 0.591. The van der Waals surface area contributed by atoms with Gasteiger partial charge in [-0.2, -0.15) is 0 Å². The van der Waals surface area contributed by atoms with Gasteiger partial charge in [0.25, 0.3) is 0 Å². The zero-order valence-electron chi connectivity index (χ0n) is 17.4. The van der Waals surface area contributed by atoms with Crippen molar-refractivity contribution in [2.75, 3.05) is 51.2 Å². The van der Waals surface area contributed by atoms with Gasteiger partial charge in [-0.05, 0) is 51.8 Å². The summed E-state index contributed by atoms with van der Waals surface area (Å²) < 4.78 is 0. The smallest absolute Gasteiger partial charge is 0.163 e. The highest BCUT2D eigenvalue weighted by molar-refractivity contribution is 5.56. The van der Waals surface area contributed by atoms with Crippen molar-refractivity contribution in [3.05, 3.63) is 36.3 Å². The topological polar surface area (TPSA) is 48.4 Å². The van der Waals surface area contributed by atoms with Crippen molar-refractivity contribution in [2.24, 2.45) is 5.92 Å². The van der Waals surface area contributed by atoms with Crippen LogP contribution in [-0.2, 0) is 0 Å². The third-order valence-corrected chi connectivity index (χ3v) is 6.42. The lowest BCUT2D eigenvalue weighted by Gasteiger charge is -2.43. The Labute approximate surface area is 168 Å². The molecule has 2 fully saturated rings. The highest BCUT2D eigenvalue weighted by Crippen LogP contribution is 2.28. The van der Waals surface area contributed by atoms with Crippen LogP contribution in [0.2, 0.25) is 0 Å². The number of piperazine rings is 1. The minimum atomic E-state index is 0.675. The summed E-state index contributed by atoms with van der Waals surface area (Å²) in [6.07, 6.45) is 6.09. The maximum absolute atomic E-state index is 4.85. The first-order valence-corrected chi connectivity index (χ1v) is 10.5. The molecule has 1 atom stereocenters. The first-order valence-electron chi connectivity index (χ1n) is 10.5. The largest absolute Gasteiger partial charge is 0.356 e. The highest BCUT2D eigenvalue weighted by Gasteiger charge is 2.29. The second-order valence-corrected chi connectivity index (χ2v) is 8.34. The first-order chi connectivity index (χ1) is 13.6. The van der Waals surface area contributed by atoms with Gasteiger partial charge in [-0.3, -0.25) is 9.88 Å². The molecule has 0 unspecified atom stereocenters. The van der Waals surface area contributed by atoms with E-state index in [2.05, 4.69) is 44.7 Å². The van der Waals surface area contributed by atoms with Gasteiger partial charge in [-0.1, -0.05) is 0 Å². The van der Waals surface area contributed by atoms with Crippen LogP contribution in [0.15, 0.2) is 30.6 Å². The van der Waals surface area contributed by atoms with Crippen molar-refractivity contribution in [3.8, 4) is 11.4 Å². The van der Waals surface area contributed by atoms with E-state index in [1.54, 1.807) is 6.20 Å². The van der Waals surface area contributed by atoms with Gasteiger partial charge in [0.1, 0.15) is 5.82 Å². The van der Waals surface area contributed by atoms with Crippen molar-refractivity contribution in [1.29, 1.82) is 0 Å². The van der Waals surface area contributed by atoms with E-state index in [-0.39, 0.29) is 0 Å². The van der Waals surface area contributed by atoms with E-state index < -0.39 is 0 Å². The summed E-state index contributed by atoms with van der Waals surface area (Å²) >= 11 is 0. The molecule has 4 heterocycles. The number of hydrogen-bond donors (Lipinski definition) is 0. The summed E-state index contributed by atoms with van der Waals surface area (Å²) in [5.41, 5.74) is 1.99. The molecule has 0 bridgehead atoms. The lowest BCUT2D eigenvalue weighted by atomic mass is 9.89. The monoisotopic (exact) mass is 380 g/mol. The van der Waals surface area contributed by atoms with Gasteiger partial charge in [-0.25, -0.2) is 9.97 Å². The molecule has 0 amide bonds. The number of pyridine rings is 1. The number of hydrogen-bond acceptors (Lipinski definition) is 6. The van der Waals surface area contributed by atoms with Crippen LogP contribution in [0.5, 0.6) is 0 Å². The van der Waals surface area contributed by atoms with Gasteiger partial charge < -0.3 is 9.80 Å². The molecule has 2 aliphatic heterocycles. The molecular weight excluding hydrogens is 348 g/mol. The van der Waals surface area contributed by atoms with E-state index in [9.17, 15) is 0 Å². The van der Waals surface area contributed by atoms with Gasteiger partial charge in [0.2, 0.25) is 0 Å². The number of likely N-dealkylation sites (N-methyl/N-ethyl adjacent to an activating group) is 1. The van der Waals surface area contributed by atoms with Crippen LogP contribution in [-0.4, -0.2) is 77.1 Å². The third-order valence-electron chi connectivity index (χ3n) is 6.42. The summed E-state index contributed by atoms with van der Waals surface area (Å²) in [5.74, 6) is 2.61. The molecule has 0 aromatic carbocycles. The molecule has 0 N–H and O–H groups in total. The second kappa shape index (κ2) is 8.53.